The van der Waals surface area contributed by atoms with Crippen molar-refractivity contribution in [2.24, 2.45) is 0 Å². The van der Waals surface area contributed by atoms with Crippen molar-refractivity contribution in [2.75, 3.05) is 0 Å². The summed E-state index contributed by atoms with van der Waals surface area (Å²) in [5, 5.41) is 12.8. The molecule has 1 N–H and O–H groups in total. The van der Waals surface area contributed by atoms with Gasteiger partial charge >= 0.3 is 0 Å². The Hall–Kier alpha value is -0.970. The number of halogens is 2. The standard InChI is InChI=1S/C11H9ClFNOS/c12-9-5-7(13)1-2-8(9)10(15)6-11-14-3-4-16-11/h1-5,10,15H,6H2. The maximum absolute atomic E-state index is 12.8. The molecule has 1 atom stereocenters. The van der Waals surface area contributed by atoms with Crippen molar-refractivity contribution in [1.82, 2.24) is 4.98 Å². The van der Waals surface area contributed by atoms with E-state index >= 15 is 0 Å². The summed E-state index contributed by atoms with van der Waals surface area (Å²) in [5.41, 5.74) is 0.526. The van der Waals surface area contributed by atoms with Crippen LogP contribution in [0, 0.1) is 5.82 Å². The van der Waals surface area contributed by atoms with Crippen LogP contribution in [0.4, 0.5) is 4.39 Å². The molecule has 0 fully saturated rings. The summed E-state index contributed by atoms with van der Waals surface area (Å²) in [7, 11) is 0. The van der Waals surface area contributed by atoms with Crippen LogP contribution >= 0.6 is 22.9 Å². The number of benzene rings is 1. The lowest BCUT2D eigenvalue weighted by Gasteiger charge is -2.10. The highest BCUT2D eigenvalue weighted by Crippen LogP contribution is 2.26. The predicted octanol–water partition coefficient (Wildman–Crippen LogP) is 3.21. The fourth-order valence-electron chi connectivity index (χ4n) is 1.40. The molecule has 5 heteroatoms. The first-order valence-electron chi connectivity index (χ1n) is 4.68. The lowest BCUT2D eigenvalue weighted by molar-refractivity contribution is 0.178. The Kier molecular flexibility index (Phi) is 3.53. The fraction of sp³-hybridized carbons (Fsp3) is 0.182. The van der Waals surface area contributed by atoms with Gasteiger partial charge in [0.2, 0.25) is 0 Å². The van der Waals surface area contributed by atoms with Gasteiger partial charge in [-0.3, -0.25) is 0 Å². The van der Waals surface area contributed by atoms with Crippen LogP contribution in [0.2, 0.25) is 5.02 Å². The third-order valence-corrected chi connectivity index (χ3v) is 3.30. The molecule has 0 saturated carbocycles. The summed E-state index contributed by atoms with van der Waals surface area (Å²) in [6, 6.07) is 3.98. The zero-order valence-corrected chi connectivity index (χ0v) is 9.80. The molecule has 2 rings (SSSR count). The van der Waals surface area contributed by atoms with Gasteiger partial charge in [-0.05, 0) is 17.7 Å². The average molecular weight is 258 g/mol. The summed E-state index contributed by atoms with van der Waals surface area (Å²) >= 11 is 7.31. The average Bonchev–Trinajstić information content (AvgIpc) is 2.70. The zero-order valence-electron chi connectivity index (χ0n) is 8.23. The van der Waals surface area contributed by atoms with Gasteiger partial charge in [0, 0.05) is 23.0 Å². The Morgan fingerprint density at radius 1 is 1.50 bits per heavy atom. The lowest BCUT2D eigenvalue weighted by atomic mass is 10.1. The number of nitrogens with zero attached hydrogens (tertiary/aromatic N) is 1. The Balaban J connectivity index is 2.17. The van der Waals surface area contributed by atoms with Gasteiger partial charge in [0.1, 0.15) is 5.82 Å². The van der Waals surface area contributed by atoms with Crippen LogP contribution in [-0.2, 0) is 6.42 Å². The van der Waals surface area contributed by atoms with E-state index in [0.717, 1.165) is 5.01 Å². The van der Waals surface area contributed by atoms with Crippen molar-refractivity contribution < 1.29 is 9.50 Å². The zero-order chi connectivity index (χ0) is 11.5. The molecule has 0 aliphatic carbocycles. The molecule has 1 aromatic heterocycles. The third-order valence-electron chi connectivity index (χ3n) is 2.17. The molecular weight excluding hydrogens is 249 g/mol. The topological polar surface area (TPSA) is 33.1 Å². The van der Waals surface area contributed by atoms with Crippen molar-refractivity contribution in [3.63, 3.8) is 0 Å². The Morgan fingerprint density at radius 2 is 2.31 bits per heavy atom. The summed E-state index contributed by atoms with van der Waals surface area (Å²) < 4.78 is 12.8. The van der Waals surface area contributed by atoms with E-state index in [1.807, 2.05) is 5.38 Å². The van der Waals surface area contributed by atoms with Crippen molar-refractivity contribution >= 4 is 22.9 Å². The molecule has 84 valence electrons. The maximum Gasteiger partial charge on any atom is 0.124 e. The van der Waals surface area contributed by atoms with Crippen LogP contribution in [0.15, 0.2) is 29.8 Å². The second kappa shape index (κ2) is 4.91. The first-order chi connectivity index (χ1) is 7.66. The van der Waals surface area contributed by atoms with Gasteiger partial charge in [0.15, 0.2) is 0 Å². The maximum atomic E-state index is 12.8. The second-order valence-corrected chi connectivity index (χ2v) is 4.70. The second-order valence-electron chi connectivity index (χ2n) is 3.31. The number of aromatic nitrogens is 1. The highest BCUT2D eigenvalue weighted by Gasteiger charge is 2.14. The van der Waals surface area contributed by atoms with Gasteiger partial charge in [0.25, 0.3) is 0 Å². The quantitative estimate of drug-likeness (QED) is 0.916. The molecule has 1 heterocycles. The SMILES string of the molecule is OC(Cc1nccs1)c1ccc(F)cc1Cl. The van der Waals surface area contributed by atoms with Gasteiger partial charge in [-0.1, -0.05) is 17.7 Å². The fourth-order valence-corrected chi connectivity index (χ4v) is 2.35. The molecule has 0 bridgehead atoms. The number of rotatable bonds is 3. The Bertz CT molecular complexity index is 475. The monoisotopic (exact) mass is 257 g/mol. The lowest BCUT2D eigenvalue weighted by Crippen LogP contribution is -2.02. The van der Waals surface area contributed by atoms with E-state index in [1.165, 1.54) is 29.5 Å². The van der Waals surface area contributed by atoms with E-state index in [-0.39, 0.29) is 5.02 Å². The predicted molar refractivity (Wildman–Crippen MR) is 62.2 cm³/mol. The van der Waals surface area contributed by atoms with E-state index in [4.69, 9.17) is 11.6 Å². The van der Waals surface area contributed by atoms with Gasteiger partial charge in [-0.15, -0.1) is 11.3 Å². The van der Waals surface area contributed by atoms with Crippen LogP contribution in [0.3, 0.4) is 0 Å². The van der Waals surface area contributed by atoms with Crippen LogP contribution < -0.4 is 0 Å². The number of thiazole rings is 1. The molecule has 0 aliphatic rings. The molecule has 0 saturated heterocycles. The number of hydrogen-bond donors (Lipinski definition) is 1. The van der Waals surface area contributed by atoms with Crippen LogP contribution in [0.5, 0.6) is 0 Å². The van der Waals surface area contributed by atoms with E-state index in [9.17, 15) is 9.50 Å². The normalized spacial score (nSPS) is 12.7. The van der Waals surface area contributed by atoms with E-state index in [1.54, 1.807) is 6.20 Å². The Labute approximate surface area is 101 Å². The van der Waals surface area contributed by atoms with Crippen molar-refractivity contribution in [3.8, 4) is 0 Å². The molecule has 0 spiro atoms. The number of aliphatic hydroxyl groups is 1. The first-order valence-corrected chi connectivity index (χ1v) is 5.94. The summed E-state index contributed by atoms with van der Waals surface area (Å²) in [5.74, 6) is -0.407. The number of hydrogen-bond acceptors (Lipinski definition) is 3. The molecule has 0 amide bonds. The van der Waals surface area contributed by atoms with Gasteiger partial charge in [0.05, 0.1) is 11.1 Å². The molecule has 0 aliphatic heterocycles. The number of aliphatic hydroxyl groups excluding tert-OH is 1. The molecule has 2 nitrogen and oxygen atoms in total. The minimum atomic E-state index is -0.751. The van der Waals surface area contributed by atoms with Gasteiger partial charge in [-0.2, -0.15) is 0 Å². The van der Waals surface area contributed by atoms with Crippen molar-refractivity contribution in [1.29, 1.82) is 0 Å². The van der Waals surface area contributed by atoms with E-state index in [2.05, 4.69) is 4.98 Å². The van der Waals surface area contributed by atoms with Gasteiger partial charge < -0.3 is 5.11 Å². The minimum Gasteiger partial charge on any atom is -0.388 e. The summed E-state index contributed by atoms with van der Waals surface area (Å²) in [4.78, 5) is 4.07. The molecular formula is C11H9ClFNOS. The first kappa shape index (κ1) is 11.5. The molecule has 16 heavy (non-hydrogen) atoms. The minimum absolute atomic E-state index is 0.240. The smallest absolute Gasteiger partial charge is 0.124 e. The molecule has 1 aromatic carbocycles. The van der Waals surface area contributed by atoms with E-state index < -0.39 is 11.9 Å². The van der Waals surface area contributed by atoms with Crippen molar-refractivity contribution in [2.45, 2.75) is 12.5 Å². The molecule has 1 unspecified atom stereocenters. The highest BCUT2D eigenvalue weighted by atomic mass is 35.5. The third kappa shape index (κ3) is 2.58. The highest BCUT2D eigenvalue weighted by molar-refractivity contribution is 7.09. The molecule has 0 radical (unpaired) electrons. The summed E-state index contributed by atoms with van der Waals surface area (Å²) in [6.45, 7) is 0. The molecule has 2 aromatic rings. The van der Waals surface area contributed by atoms with Crippen molar-refractivity contribution in [3.05, 3.63) is 51.2 Å². The van der Waals surface area contributed by atoms with Gasteiger partial charge in [-0.25, -0.2) is 9.37 Å². The Morgan fingerprint density at radius 3 is 2.94 bits per heavy atom. The van der Waals surface area contributed by atoms with Crippen LogP contribution in [0.1, 0.15) is 16.7 Å². The van der Waals surface area contributed by atoms with Crippen LogP contribution in [0.25, 0.3) is 0 Å². The van der Waals surface area contributed by atoms with E-state index in [0.29, 0.717) is 12.0 Å². The summed E-state index contributed by atoms with van der Waals surface area (Å²) in [6.07, 6.45) is 1.32. The van der Waals surface area contributed by atoms with Crippen LogP contribution in [-0.4, -0.2) is 10.1 Å². The largest absolute Gasteiger partial charge is 0.388 e.